The van der Waals surface area contributed by atoms with Crippen molar-refractivity contribution in [2.24, 2.45) is 11.8 Å². The smallest absolute Gasteiger partial charge is 0.128 e. The van der Waals surface area contributed by atoms with Crippen LogP contribution in [0.25, 0.3) is 0 Å². The Labute approximate surface area is 116 Å². The summed E-state index contributed by atoms with van der Waals surface area (Å²) in [5.41, 5.74) is 1.36. The molecule has 0 amide bonds. The van der Waals surface area contributed by atoms with Gasteiger partial charge in [0.15, 0.2) is 0 Å². The summed E-state index contributed by atoms with van der Waals surface area (Å²) in [5, 5.41) is 3.57. The molecule has 2 unspecified atom stereocenters. The lowest BCUT2D eigenvalue weighted by Crippen LogP contribution is -2.38. The van der Waals surface area contributed by atoms with Crippen LogP contribution >= 0.6 is 0 Å². The molecule has 0 bridgehead atoms. The highest BCUT2D eigenvalue weighted by Crippen LogP contribution is 2.26. The van der Waals surface area contributed by atoms with Gasteiger partial charge in [-0.2, -0.15) is 0 Å². The van der Waals surface area contributed by atoms with E-state index in [0.29, 0.717) is 0 Å². The summed E-state index contributed by atoms with van der Waals surface area (Å²) in [6.45, 7) is 8.01. The zero-order valence-electron chi connectivity index (χ0n) is 12.1. The molecule has 1 aliphatic carbocycles. The third-order valence-electron chi connectivity index (χ3n) is 4.64. The first-order chi connectivity index (χ1) is 9.22. The van der Waals surface area contributed by atoms with E-state index >= 15 is 0 Å². The average Bonchev–Trinajstić information content (AvgIpc) is 3.24. The van der Waals surface area contributed by atoms with Crippen LogP contribution < -0.4 is 10.2 Å². The largest absolute Gasteiger partial charge is 0.356 e. The molecule has 2 aliphatic rings. The van der Waals surface area contributed by atoms with Gasteiger partial charge in [0.25, 0.3) is 0 Å². The summed E-state index contributed by atoms with van der Waals surface area (Å²) in [4.78, 5) is 7.01. The molecule has 1 saturated carbocycles. The van der Waals surface area contributed by atoms with Crippen molar-refractivity contribution < 1.29 is 0 Å². The fourth-order valence-electron chi connectivity index (χ4n) is 2.76. The van der Waals surface area contributed by atoms with Crippen LogP contribution in [0.1, 0.15) is 38.7 Å². The van der Waals surface area contributed by atoms with Crippen molar-refractivity contribution in [1.82, 2.24) is 10.3 Å². The van der Waals surface area contributed by atoms with Crippen LogP contribution in [0, 0.1) is 11.8 Å². The molecule has 3 nitrogen and oxygen atoms in total. The van der Waals surface area contributed by atoms with Crippen LogP contribution in [-0.4, -0.2) is 24.1 Å². The highest BCUT2D eigenvalue weighted by atomic mass is 15.2. The molecule has 3 rings (SSSR count). The quantitative estimate of drug-likeness (QED) is 0.901. The van der Waals surface area contributed by atoms with Gasteiger partial charge in [-0.1, -0.05) is 13.8 Å². The summed E-state index contributed by atoms with van der Waals surface area (Å²) in [7, 11) is 0. The summed E-state index contributed by atoms with van der Waals surface area (Å²) >= 11 is 0. The fourth-order valence-corrected chi connectivity index (χ4v) is 2.76. The van der Waals surface area contributed by atoms with Gasteiger partial charge in [-0.25, -0.2) is 4.98 Å². The second-order valence-electron chi connectivity index (χ2n) is 6.37. The Morgan fingerprint density at radius 3 is 2.84 bits per heavy atom. The van der Waals surface area contributed by atoms with Crippen molar-refractivity contribution in [3.63, 3.8) is 0 Å². The molecule has 104 valence electrons. The molecule has 2 heterocycles. The fraction of sp³-hybridized carbons (Fsp3) is 0.688. The summed E-state index contributed by atoms with van der Waals surface area (Å²) in [6, 6.07) is 5.17. The van der Waals surface area contributed by atoms with Crippen LogP contribution in [0.15, 0.2) is 18.3 Å². The van der Waals surface area contributed by atoms with Crippen LogP contribution in [0.2, 0.25) is 0 Å². The van der Waals surface area contributed by atoms with Gasteiger partial charge in [-0.15, -0.1) is 0 Å². The number of pyridine rings is 1. The molecule has 1 N–H and O–H groups in total. The van der Waals surface area contributed by atoms with Crippen molar-refractivity contribution >= 4 is 5.82 Å². The maximum Gasteiger partial charge on any atom is 0.128 e. The number of nitrogens with one attached hydrogen (secondary N) is 1. The monoisotopic (exact) mass is 259 g/mol. The number of nitrogens with zero attached hydrogens (tertiary/aromatic N) is 2. The highest BCUT2D eigenvalue weighted by molar-refractivity contribution is 5.41. The van der Waals surface area contributed by atoms with Gasteiger partial charge in [0, 0.05) is 31.9 Å². The average molecular weight is 259 g/mol. The number of hydrogen-bond acceptors (Lipinski definition) is 3. The molecule has 3 heteroatoms. The zero-order valence-corrected chi connectivity index (χ0v) is 12.1. The third kappa shape index (κ3) is 3.27. The first kappa shape index (κ1) is 12.9. The van der Waals surface area contributed by atoms with Crippen molar-refractivity contribution in [2.75, 3.05) is 18.0 Å². The summed E-state index contributed by atoms with van der Waals surface area (Å²) < 4.78 is 0. The van der Waals surface area contributed by atoms with E-state index in [1.807, 2.05) is 6.20 Å². The molecule has 1 aromatic heterocycles. The molecule has 1 aliphatic heterocycles. The predicted molar refractivity (Wildman–Crippen MR) is 79.3 cm³/mol. The lowest BCUT2D eigenvalue weighted by Gasteiger charge is -2.36. The van der Waals surface area contributed by atoms with Gasteiger partial charge in [0.2, 0.25) is 0 Å². The molecule has 1 aromatic rings. The molecule has 2 fully saturated rings. The Hall–Kier alpha value is -1.09. The van der Waals surface area contributed by atoms with Gasteiger partial charge in [-0.05, 0) is 48.8 Å². The van der Waals surface area contributed by atoms with E-state index in [-0.39, 0.29) is 0 Å². The molecule has 0 spiro atoms. The van der Waals surface area contributed by atoms with E-state index in [9.17, 15) is 0 Å². The van der Waals surface area contributed by atoms with E-state index in [0.717, 1.165) is 43.3 Å². The number of hydrogen-bond donors (Lipinski definition) is 1. The van der Waals surface area contributed by atoms with Gasteiger partial charge >= 0.3 is 0 Å². The van der Waals surface area contributed by atoms with E-state index in [1.165, 1.54) is 24.8 Å². The maximum atomic E-state index is 4.56. The van der Waals surface area contributed by atoms with Gasteiger partial charge in [0.1, 0.15) is 5.82 Å². The number of aromatic nitrogens is 1. The Morgan fingerprint density at radius 1 is 1.26 bits per heavy atom. The molecular formula is C16H25N3. The topological polar surface area (TPSA) is 28.2 Å². The molecule has 1 saturated heterocycles. The van der Waals surface area contributed by atoms with E-state index in [4.69, 9.17) is 0 Å². The van der Waals surface area contributed by atoms with Crippen molar-refractivity contribution in [2.45, 2.75) is 45.7 Å². The molecule has 2 atom stereocenters. The number of piperidine rings is 1. The minimum atomic E-state index is 0.767. The lowest BCUT2D eigenvalue weighted by atomic mass is 9.89. The number of rotatable bonds is 4. The summed E-state index contributed by atoms with van der Waals surface area (Å²) in [5.74, 6) is 2.77. The van der Waals surface area contributed by atoms with E-state index in [2.05, 4.69) is 41.2 Å². The maximum absolute atomic E-state index is 4.56. The minimum absolute atomic E-state index is 0.767. The first-order valence-corrected chi connectivity index (χ1v) is 7.65. The van der Waals surface area contributed by atoms with E-state index < -0.39 is 0 Å². The predicted octanol–water partition coefficient (Wildman–Crippen LogP) is 2.82. The minimum Gasteiger partial charge on any atom is -0.356 e. The van der Waals surface area contributed by atoms with Gasteiger partial charge < -0.3 is 10.2 Å². The molecule has 0 aromatic carbocycles. The Bertz CT molecular complexity index is 428. The number of anilines is 1. The highest BCUT2D eigenvalue weighted by Gasteiger charge is 2.24. The van der Waals surface area contributed by atoms with Crippen LogP contribution in [0.4, 0.5) is 5.82 Å². The SMILES string of the molecule is CC1CCN(c2cc(CNC3CC3)ccn2)CC1C. The Morgan fingerprint density at radius 2 is 2.11 bits per heavy atom. The van der Waals surface area contributed by atoms with Gasteiger partial charge in [0.05, 0.1) is 0 Å². The molecule has 0 radical (unpaired) electrons. The van der Waals surface area contributed by atoms with Crippen LogP contribution in [0.5, 0.6) is 0 Å². The standard InChI is InChI=1S/C16H25N3/c1-12-6-8-19(11-13(12)2)16-9-14(5-7-17-16)10-18-15-3-4-15/h5,7,9,12-13,15,18H,3-4,6,8,10-11H2,1-2H3. The van der Waals surface area contributed by atoms with E-state index in [1.54, 1.807) is 0 Å². The van der Waals surface area contributed by atoms with Crippen molar-refractivity contribution in [3.05, 3.63) is 23.9 Å². The lowest BCUT2D eigenvalue weighted by molar-refractivity contribution is 0.323. The normalized spacial score (nSPS) is 27.6. The van der Waals surface area contributed by atoms with Crippen molar-refractivity contribution in [3.8, 4) is 0 Å². The summed E-state index contributed by atoms with van der Waals surface area (Å²) in [6.07, 6.45) is 5.94. The van der Waals surface area contributed by atoms with Crippen LogP contribution in [0.3, 0.4) is 0 Å². The van der Waals surface area contributed by atoms with Crippen molar-refractivity contribution in [1.29, 1.82) is 0 Å². The second kappa shape index (κ2) is 5.49. The van der Waals surface area contributed by atoms with Gasteiger partial charge in [-0.3, -0.25) is 0 Å². The molecule has 19 heavy (non-hydrogen) atoms. The van der Waals surface area contributed by atoms with Crippen LogP contribution in [-0.2, 0) is 6.54 Å². The molecular weight excluding hydrogens is 234 g/mol. The Kier molecular flexibility index (Phi) is 3.74. The Balaban J connectivity index is 1.64. The second-order valence-corrected chi connectivity index (χ2v) is 6.37. The first-order valence-electron chi connectivity index (χ1n) is 7.65. The third-order valence-corrected chi connectivity index (χ3v) is 4.64. The zero-order chi connectivity index (χ0) is 13.2.